The van der Waals surface area contributed by atoms with Crippen LogP contribution >= 0.6 is 15.6 Å². The predicted octanol–water partition coefficient (Wildman–Crippen LogP) is 22.7. The van der Waals surface area contributed by atoms with Gasteiger partial charge in [0, 0.05) is 25.7 Å². The summed E-state index contributed by atoms with van der Waals surface area (Å²) < 4.78 is 68.5. The van der Waals surface area contributed by atoms with E-state index in [2.05, 4.69) is 41.5 Å². The largest absolute Gasteiger partial charge is 0.472 e. The van der Waals surface area contributed by atoms with Gasteiger partial charge < -0.3 is 33.8 Å². The zero-order valence-corrected chi connectivity index (χ0v) is 64.5. The van der Waals surface area contributed by atoms with Crippen molar-refractivity contribution in [3.05, 3.63) is 0 Å². The molecule has 0 radical (unpaired) electrons. The molecular weight excluding hydrogens is 1260 g/mol. The third-order valence-electron chi connectivity index (χ3n) is 18.0. The summed E-state index contributed by atoms with van der Waals surface area (Å²) in [6.07, 6.45) is 56.9. The number of carbonyl (C=O) groups excluding carboxylic acids is 4. The first-order chi connectivity index (χ1) is 46.4. The lowest BCUT2D eigenvalue weighted by atomic mass is 10.0. The van der Waals surface area contributed by atoms with Crippen LogP contribution in [0.2, 0.25) is 0 Å². The molecule has 0 aromatic rings. The molecule has 19 heteroatoms. The Kier molecular flexibility index (Phi) is 67.4. The molecule has 0 rings (SSSR count). The highest BCUT2D eigenvalue weighted by molar-refractivity contribution is 7.47. The Bertz CT molecular complexity index is 1860. The Morgan fingerprint density at radius 2 is 0.479 bits per heavy atom. The van der Waals surface area contributed by atoms with Crippen LogP contribution in [0.3, 0.4) is 0 Å². The van der Waals surface area contributed by atoms with Crippen molar-refractivity contribution < 1.29 is 80.2 Å². The molecule has 0 spiro atoms. The highest BCUT2D eigenvalue weighted by Crippen LogP contribution is 2.45. The minimum Gasteiger partial charge on any atom is -0.462 e. The van der Waals surface area contributed by atoms with Crippen LogP contribution in [0, 0.1) is 11.8 Å². The second kappa shape index (κ2) is 68.8. The molecule has 570 valence electrons. The van der Waals surface area contributed by atoms with E-state index in [1.807, 2.05) is 0 Å². The van der Waals surface area contributed by atoms with Crippen molar-refractivity contribution in [3.63, 3.8) is 0 Å². The molecule has 0 heterocycles. The molecule has 0 fully saturated rings. The Labute approximate surface area is 588 Å². The first-order valence-corrected chi connectivity index (χ1v) is 43.0. The SMILES string of the molecule is CCCCCCCCCCCCCCCCC(=O)OC[C@H](COP(=O)(O)OC[C@@H](O)COP(=O)(O)OC[C@@H](COC(=O)CCCCCCCCCCCC)OC(=O)CCCCCCCCCCC(C)C)OC(=O)CCCCCCCCCCCCCCCCCCCCC(C)C. The van der Waals surface area contributed by atoms with E-state index in [0.717, 1.165) is 102 Å². The molecule has 0 saturated heterocycles. The van der Waals surface area contributed by atoms with Crippen LogP contribution in [0.5, 0.6) is 0 Å². The molecule has 3 N–H and O–H groups in total. The molecule has 0 aliphatic heterocycles. The lowest BCUT2D eigenvalue weighted by molar-refractivity contribution is -0.161. The van der Waals surface area contributed by atoms with E-state index >= 15 is 0 Å². The normalized spacial score (nSPS) is 14.0. The van der Waals surface area contributed by atoms with Crippen molar-refractivity contribution in [1.29, 1.82) is 0 Å². The molecule has 5 atom stereocenters. The van der Waals surface area contributed by atoms with Gasteiger partial charge in [-0.05, 0) is 37.5 Å². The minimum absolute atomic E-state index is 0.105. The van der Waals surface area contributed by atoms with Crippen molar-refractivity contribution >= 4 is 39.5 Å². The maximum Gasteiger partial charge on any atom is 0.472 e. The zero-order chi connectivity index (χ0) is 70.7. The first kappa shape index (κ1) is 94.1. The lowest BCUT2D eigenvalue weighted by Crippen LogP contribution is -2.30. The van der Waals surface area contributed by atoms with Crippen LogP contribution in [0.4, 0.5) is 0 Å². The summed E-state index contributed by atoms with van der Waals surface area (Å²) in [6, 6.07) is 0. The van der Waals surface area contributed by atoms with E-state index in [1.165, 1.54) is 218 Å². The van der Waals surface area contributed by atoms with Gasteiger partial charge in [-0.25, -0.2) is 9.13 Å². The van der Waals surface area contributed by atoms with Crippen molar-refractivity contribution in [2.45, 2.75) is 419 Å². The molecule has 96 heavy (non-hydrogen) atoms. The molecule has 0 aliphatic rings. The number of aliphatic hydroxyl groups is 1. The standard InChI is InChI=1S/C77H150O17P2/c1-7-9-11-13-15-17-19-20-28-31-35-42-48-54-60-75(80)88-65-72(93-76(81)61-55-49-43-36-32-29-26-24-22-21-23-25-27-30-33-39-45-51-57-69(3)4)67-91-95(83,84)89-63-71(78)64-90-96(85,86)92-68-73(66-87-74(79)59-53-47-41-34-18-16-14-12-10-8-2)94-77(82)62-56-50-44-38-37-40-46-52-58-70(5)6/h69-73,78H,7-68H2,1-6H3,(H,83,84)(H,85,86)/t71-,72-,73-/m1/s1. The van der Waals surface area contributed by atoms with Gasteiger partial charge in [0.25, 0.3) is 0 Å². The van der Waals surface area contributed by atoms with E-state index < -0.39 is 97.5 Å². The van der Waals surface area contributed by atoms with Gasteiger partial charge >= 0.3 is 39.5 Å². The van der Waals surface area contributed by atoms with Crippen molar-refractivity contribution in [2.75, 3.05) is 39.6 Å². The number of hydrogen-bond acceptors (Lipinski definition) is 15. The quantitative estimate of drug-likeness (QED) is 0.0222. The number of phosphoric acid groups is 2. The second-order valence-corrected chi connectivity index (χ2v) is 31.6. The number of carbonyl (C=O) groups is 4. The number of ether oxygens (including phenoxy) is 4. The number of esters is 4. The summed E-state index contributed by atoms with van der Waals surface area (Å²) >= 11 is 0. The molecule has 0 amide bonds. The Morgan fingerprint density at radius 1 is 0.281 bits per heavy atom. The van der Waals surface area contributed by atoms with Crippen molar-refractivity contribution in [2.24, 2.45) is 11.8 Å². The van der Waals surface area contributed by atoms with Crippen LogP contribution in [0.15, 0.2) is 0 Å². The smallest absolute Gasteiger partial charge is 0.462 e. The molecule has 0 aliphatic carbocycles. The van der Waals surface area contributed by atoms with Gasteiger partial charge in [-0.3, -0.25) is 37.3 Å². The average Bonchev–Trinajstić information content (AvgIpc) is 1.62. The summed E-state index contributed by atoms with van der Waals surface area (Å²) in [5.74, 6) is -0.577. The van der Waals surface area contributed by atoms with Gasteiger partial charge in [-0.1, -0.05) is 350 Å². The Hall–Kier alpha value is -1.94. The third kappa shape index (κ3) is 70.5. The van der Waals surface area contributed by atoms with E-state index in [9.17, 15) is 43.2 Å². The van der Waals surface area contributed by atoms with Gasteiger partial charge in [0.15, 0.2) is 12.2 Å². The lowest BCUT2D eigenvalue weighted by Gasteiger charge is -2.21. The van der Waals surface area contributed by atoms with Gasteiger partial charge in [0.2, 0.25) is 0 Å². The highest BCUT2D eigenvalue weighted by atomic mass is 31.2. The van der Waals surface area contributed by atoms with Gasteiger partial charge in [0.1, 0.15) is 19.3 Å². The topological polar surface area (TPSA) is 237 Å². The molecule has 0 bridgehead atoms. The Balaban J connectivity index is 5.20. The van der Waals surface area contributed by atoms with E-state index in [1.54, 1.807) is 0 Å². The zero-order valence-electron chi connectivity index (χ0n) is 62.7. The predicted molar refractivity (Wildman–Crippen MR) is 391 cm³/mol. The summed E-state index contributed by atoms with van der Waals surface area (Å²) in [6.45, 7) is 9.59. The molecule has 0 aromatic heterocycles. The molecule has 2 unspecified atom stereocenters. The summed E-state index contributed by atoms with van der Waals surface area (Å²) in [5, 5.41) is 10.6. The number of unbranched alkanes of at least 4 members (excludes halogenated alkanes) is 46. The van der Waals surface area contributed by atoms with Crippen LogP contribution in [0.25, 0.3) is 0 Å². The van der Waals surface area contributed by atoms with Crippen molar-refractivity contribution in [1.82, 2.24) is 0 Å². The first-order valence-electron chi connectivity index (χ1n) is 40.0. The summed E-state index contributed by atoms with van der Waals surface area (Å²) in [5.41, 5.74) is 0. The Morgan fingerprint density at radius 3 is 0.708 bits per heavy atom. The van der Waals surface area contributed by atoms with Gasteiger partial charge in [0.05, 0.1) is 26.4 Å². The fourth-order valence-electron chi connectivity index (χ4n) is 11.8. The van der Waals surface area contributed by atoms with E-state index in [0.29, 0.717) is 25.7 Å². The van der Waals surface area contributed by atoms with E-state index in [4.69, 9.17) is 37.0 Å². The van der Waals surface area contributed by atoms with Crippen LogP contribution in [-0.4, -0.2) is 96.7 Å². The molecule has 0 aromatic carbocycles. The average molecular weight is 1410 g/mol. The molecule has 0 saturated carbocycles. The summed E-state index contributed by atoms with van der Waals surface area (Å²) in [7, 11) is -9.91. The monoisotopic (exact) mass is 1410 g/mol. The fraction of sp³-hybridized carbons (Fsp3) is 0.948. The van der Waals surface area contributed by atoms with Gasteiger partial charge in [-0.2, -0.15) is 0 Å². The third-order valence-corrected chi connectivity index (χ3v) is 19.9. The summed E-state index contributed by atoms with van der Waals surface area (Å²) in [4.78, 5) is 72.8. The number of aliphatic hydroxyl groups excluding tert-OH is 1. The molecule has 17 nitrogen and oxygen atoms in total. The number of hydrogen-bond donors (Lipinski definition) is 3. The number of phosphoric ester groups is 2. The van der Waals surface area contributed by atoms with Gasteiger partial charge in [-0.15, -0.1) is 0 Å². The van der Waals surface area contributed by atoms with Crippen LogP contribution < -0.4 is 0 Å². The molecular formula is C77H150O17P2. The second-order valence-electron chi connectivity index (χ2n) is 28.7. The minimum atomic E-state index is -4.96. The van der Waals surface area contributed by atoms with E-state index in [-0.39, 0.29) is 25.7 Å². The fourth-order valence-corrected chi connectivity index (χ4v) is 13.4. The maximum absolute atomic E-state index is 13.1. The van der Waals surface area contributed by atoms with Crippen LogP contribution in [0.1, 0.15) is 401 Å². The van der Waals surface area contributed by atoms with Crippen molar-refractivity contribution in [3.8, 4) is 0 Å². The van der Waals surface area contributed by atoms with Crippen LogP contribution in [-0.2, 0) is 65.4 Å². The maximum atomic E-state index is 13.1. The highest BCUT2D eigenvalue weighted by Gasteiger charge is 2.30. The number of rotatable bonds is 76.